The average molecular weight is 265 g/mol. The molecule has 1 aromatic carbocycles. The second kappa shape index (κ2) is 6.08. The maximum Gasteiger partial charge on any atom is 0.103 e. The van der Waals surface area contributed by atoms with Crippen LogP contribution in [0.2, 0.25) is 5.02 Å². The summed E-state index contributed by atoms with van der Waals surface area (Å²) in [5.41, 5.74) is 1.45. The van der Waals surface area contributed by atoms with Crippen molar-refractivity contribution in [2.45, 2.75) is 12.8 Å². The van der Waals surface area contributed by atoms with Crippen LogP contribution in [0.15, 0.2) is 18.2 Å². The van der Waals surface area contributed by atoms with Crippen LogP contribution in [0.4, 0.5) is 5.69 Å². The van der Waals surface area contributed by atoms with Gasteiger partial charge in [-0.15, -0.1) is 0 Å². The number of hydrogen-bond donors (Lipinski definition) is 0. The maximum atomic E-state index is 9.17. The second-order valence-corrected chi connectivity index (χ2v) is 5.12. The van der Waals surface area contributed by atoms with Crippen molar-refractivity contribution in [3.05, 3.63) is 28.8 Å². The van der Waals surface area contributed by atoms with Crippen molar-refractivity contribution in [1.82, 2.24) is 0 Å². The predicted molar refractivity (Wildman–Crippen MR) is 73.0 cm³/mol. The molecule has 1 fully saturated rings. The monoisotopic (exact) mass is 264 g/mol. The lowest BCUT2D eigenvalue weighted by atomic mass is 10.0. The summed E-state index contributed by atoms with van der Waals surface area (Å²) >= 11 is 6.04. The number of nitriles is 1. The van der Waals surface area contributed by atoms with E-state index in [0.717, 1.165) is 31.9 Å². The highest BCUT2D eigenvalue weighted by molar-refractivity contribution is 6.32. The van der Waals surface area contributed by atoms with Gasteiger partial charge in [0.15, 0.2) is 0 Å². The molecule has 0 radical (unpaired) electrons. The molecule has 0 amide bonds. The highest BCUT2D eigenvalue weighted by Gasteiger charge is 2.18. The van der Waals surface area contributed by atoms with Crippen LogP contribution >= 0.6 is 11.6 Å². The Balaban J connectivity index is 2.11. The summed E-state index contributed by atoms with van der Waals surface area (Å²) in [6.07, 6.45) is 2.31. The lowest BCUT2D eigenvalue weighted by Crippen LogP contribution is -2.31. The second-order valence-electron chi connectivity index (χ2n) is 4.71. The van der Waals surface area contributed by atoms with Gasteiger partial charge in [0.2, 0.25) is 0 Å². The number of anilines is 1. The third-order valence-corrected chi connectivity index (χ3v) is 3.62. The Kier molecular flexibility index (Phi) is 4.46. The Morgan fingerprint density at radius 2 is 2.39 bits per heavy atom. The molecule has 0 spiro atoms. The topological polar surface area (TPSA) is 36.3 Å². The van der Waals surface area contributed by atoms with E-state index < -0.39 is 0 Å². The molecule has 0 saturated carbocycles. The van der Waals surface area contributed by atoms with E-state index in [-0.39, 0.29) is 0 Å². The van der Waals surface area contributed by atoms with Gasteiger partial charge >= 0.3 is 0 Å². The Bertz CT molecular complexity index is 450. The minimum absolute atomic E-state index is 0.516. The molecule has 0 aromatic heterocycles. The first-order valence-electron chi connectivity index (χ1n) is 6.20. The molecule has 0 N–H and O–H groups in total. The van der Waals surface area contributed by atoms with Crippen molar-refractivity contribution >= 4 is 17.3 Å². The normalized spacial score (nSPS) is 19.3. The summed E-state index contributed by atoms with van der Waals surface area (Å²) < 4.78 is 5.48. The van der Waals surface area contributed by atoms with Gasteiger partial charge in [-0.25, -0.2) is 0 Å². The fraction of sp³-hybridized carbons (Fsp3) is 0.500. The van der Waals surface area contributed by atoms with Crippen LogP contribution in [0.1, 0.15) is 18.4 Å². The lowest BCUT2D eigenvalue weighted by molar-refractivity contribution is 0.0576. The van der Waals surface area contributed by atoms with Crippen LogP contribution in [0, 0.1) is 17.2 Å². The van der Waals surface area contributed by atoms with E-state index in [1.54, 1.807) is 6.07 Å². The van der Waals surface area contributed by atoms with Crippen molar-refractivity contribution in [2.75, 3.05) is 31.7 Å². The predicted octanol–water partition coefficient (Wildman–Crippen LogP) is 3.07. The van der Waals surface area contributed by atoms with E-state index >= 15 is 0 Å². The number of hydrogen-bond acceptors (Lipinski definition) is 3. The van der Waals surface area contributed by atoms with Gasteiger partial charge < -0.3 is 9.64 Å². The minimum Gasteiger partial charge on any atom is -0.381 e. The zero-order valence-electron chi connectivity index (χ0n) is 10.5. The van der Waals surface area contributed by atoms with Crippen LogP contribution < -0.4 is 4.90 Å². The third-order valence-electron chi connectivity index (χ3n) is 3.30. The van der Waals surface area contributed by atoms with Gasteiger partial charge in [-0.05, 0) is 30.9 Å². The first kappa shape index (κ1) is 13.2. The molecule has 0 aliphatic carbocycles. The lowest BCUT2D eigenvalue weighted by Gasteiger charge is -2.29. The molecule has 1 saturated heterocycles. The molecule has 96 valence electrons. The SMILES string of the molecule is CN(CC1CCCOC1)c1cccc(Cl)c1C#N. The van der Waals surface area contributed by atoms with Crippen molar-refractivity contribution in [3.63, 3.8) is 0 Å². The van der Waals surface area contributed by atoms with Crippen LogP contribution in [-0.4, -0.2) is 26.8 Å². The van der Waals surface area contributed by atoms with Crippen LogP contribution in [0.5, 0.6) is 0 Å². The van der Waals surface area contributed by atoms with Crippen LogP contribution in [0.25, 0.3) is 0 Å². The summed E-state index contributed by atoms with van der Waals surface area (Å²) in [5, 5.41) is 9.68. The van der Waals surface area contributed by atoms with Gasteiger partial charge in [0.25, 0.3) is 0 Å². The molecular weight excluding hydrogens is 248 g/mol. The largest absolute Gasteiger partial charge is 0.381 e. The molecule has 4 heteroatoms. The molecule has 18 heavy (non-hydrogen) atoms. The molecule has 1 aromatic rings. The smallest absolute Gasteiger partial charge is 0.103 e. The van der Waals surface area contributed by atoms with E-state index in [4.69, 9.17) is 21.6 Å². The minimum atomic E-state index is 0.516. The van der Waals surface area contributed by atoms with Gasteiger partial charge in [-0.1, -0.05) is 17.7 Å². The maximum absolute atomic E-state index is 9.17. The zero-order valence-corrected chi connectivity index (χ0v) is 11.3. The zero-order chi connectivity index (χ0) is 13.0. The van der Waals surface area contributed by atoms with Crippen LogP contribution in [-0.2, 0) is 4.74 Å². The number of rotatable bonds is 3. The number of halogens is 1. The molecular formula is C14H17ClN2O. The molecule has 1 heterocycles. The Labute approximate surface area is 113 Å². The Hall–Kier alpha value is -1.24. The van der Waals surface area contributed by atoms with E-state index in [0.29, 0.717) is 16.5 Å². The van der Waals surface area contributed by atoms with Gasteiger partial charge in [0, 0.05) is 20.2 Å². The Morgan fingerprint density at radius 1 is 1.56 bits per heavy atom. The first-order valence-corrected chi connectivity index (χ1v) is 6.57. The van der Waals surface area contributed by atoms with Crippen molar-refractivity contribution in [3.8, 4) is 6.07 Å². The van der Waals surface area contributed by atoms with E-state index in [1.165, 1.54) is 6.42 Å². The van der Waals surface area contributed by atoms with E-state index in [2.05, 4.69) is 11.0 Å². The van der Waals surface area contributed by atoms with Crippen molar-refractivity contribution in [1.29, 1.82) is 5.26 Å². The number of benzene rings is 1. The summed E-state index contributed by atoms with van der Waals surface area (Å²) in [5.74, 6) is 0.536. The fourth-order valence-electron chi connectivity index (χ4n) is 2.38. The van der Waals surface area contributed by atoms with E-state index in [9.17, 15) is 0 Å². The first-order chi connectivity index (χ1) is 8.72. The summed E-state index contributed by atoms with van der Waals surface area (Å²) in [7, 11) is 2.00. The van der Waals surface area contributed by atoms with E-state index in [1.807, 2.05) is 19.2 Å². The summed E-state index contributed by atoms with van der Waals surface area (Å²) in [6.45, 7) is 2.59. The molecule has 1 unspecified atom stereocenters. The van der Waals surface area contributed by atoms with Gasteiger partial charge in [0.05, 0.1) is 22.9 Å². The standard InChI is InChI=1S/C14H17ClN2O/c1-17(9-11-4-3-7-18-10-11)14-6-2-5-13(15)12(14)8-16/h2,5-6,11H,3-4,7,9-10H2,1H3. The molecule has 1 atom stereocenters. The molecule has 3 nitrogen and oxygen atoms in total. The van der Waals surface area contributed by atoms with Gasteiger partial charge in [-0.2, -0.15) is 5.26 Å². The molecule has 2 rings (SSSR count). The van der Waals surface area contributed by atoms with Crippen molar-refractivity contribution < 1.29 is 4.74 Å². The van der Waals surface area contributed by atoms with Crippen LogP contribution in [0.3, 0.4) is 0 Å². The Morgan fingerprint density at radius 3 is 3.06 bits per heavy atom. The molecule has 1 aliphatic heterocycles. The summed E-state index contributed by atoms with van der Waals surface area (Å²) in [4.78, 5) is 2.10. The molecule has 0 bridgehead atoms. The third kappa shape index (κ3) is 2.95. The van der Waals surface area contributed by atoms with Gasteiger partial charge in [-0.3, -0.25) is 0 Å². The quantitative estimate of drug-likeness (QED) is 0.842. The molecule has 1 aliphatic rings. The number of ether oxygens (including phenoxy) is 1. The highest BCUT2D eigenvalue weighted by Crippen LogP contribution is 2.27. The van der Waals surface area contributed by atoms with Crippen molar-refractivity contribution in [2.24, 2.45) is 5.92 Å². The van der Waals surface area contributed by atoms with Gasteiger partial charge in [0.1, 0.15) is 6.07 Å². The average Bonchev–Trinajstić information content (AvgIpc) is 2.39. The summed E-state index contributed by atoms with van der Waals surface area (Å²) in [6, 6.07) is 7.75. The fourth-order valence-corrected chi connectivity index (χ4v) is 2.59. The number of nitrogens with zero attached hydrogens (tertiary/aromatic N) is 2. The highest BCUT2D eigenvalue weighted by atomic mass is 35.5.